The van der Waals surface area contributed by atoms with Crippen LogP contribution < -0.4 is 0 Å². The Morgan fingerprint density at radius 1 is 1.29 bits per heavy atom. The quantitative estimate of drug-likeness (QED) is 0.756. The highest BCUT2D eigenvalue weighted by atomic mass is 16.5. The molecule has 0 N–H and O–H groups in total. The van der Waals surface area contributed by atoms with Crippen LogP contribution in [0.4, 0.5) is 0 Å². The minimum Gasteiger partial charge on any atom is -0.368 e. The summed E-state index contributed by atoms with van der Waals surface area (Å²) in [6.45, 7) is 9.21. The van der Waals surface area contributed by atoms with Crippen molar-refractivity contribution in [3.05, 3.63) is 60.2 Å². The second-order valence-corrected chi connectivity index (χ2v) is 5.35. The molecule has 2 rings (SSSR count). The third-order valence-electron chi connectivity index (χ3n) is 3.28. The molecule has 1 unspecified atom stereocenters. The highest BCUT2D eigenvalue weighted by Crippen LogP contribution is 2.36. The molecule has 0 fully saturated rings. The van der Waals surface area contributed by atoms with Gasteiger partial charge in [-0.2, -0.15) is 0 Å². The molecule has 0 spiro atoms. The molecule has 0 aliphatic heterocycles. The van der Waals surface area contributed by atoms with Gasteiger partial charge in [-0.3, -0.25) is 0 Å². The zero-order chi connectivity index (χ0) is 12.3. The Bertz CT molecular complexity index is 414. The van der Waals surface area contributed by atoms with Crippen LogP contribution in [0.15, 0.2) is 54.6 Å². The summed E-state index contributed by atoms with van der Waals surface area (Å²) < 4.78 is 6.05. The second kappa shape index (κ2) is 4.89. The minimum atomic E-state index is 0.118. The molecule has 90 valence electrons. The van der Waals surface area contributed by atoms with Gasteiger partial charge in [0.15, 0.2) is 0 Å². The van der Waals surface area contributed by atoms with Crippen LogP contribution in [0.2, 0.25) is 0 Å². The average molecular weight is 228 g/mol. The van der Waals surface area contributed by atoms with Gasteiger partial charge in [0.25, 0.3) is 0 Å². The Balaban J connectivity index is 2.03. The SMILES string of the molecule is C=C1C=CCC(C)(C)C1OCc1ccccc1. The van der Waals surface area contributed by atoms with E-state index < -0.39 is 0 Å². The molecule has 0 radical (unpaired) electrons. The van der Waals surface area contributed by atoms with Crippen LogP contribution in [0.5, 0.6) is 0 Å². The smallest absolute Gasteiger partial charge is 0.0877 e. The van der Waals surface area contributed by atoms with E-state index in [1.807, 2.05) is 18.2 Å². The van der Waals surface area contributed by atoms with Crippen molar-refractivity contribution in [2.24, 2.45) is 5.41 Å². The first-order chi connectivity index (χ1) is 8.09. The highest BCUT2D eigenvalue weighted by Gasteiger charge is 2.33. The molecule has 0 aromatic heterocycles. The highest BCUT2D eigenvalue weighted by molar-refractivity contribution is 5.26. The lowest BCUT2D eigenvalue weighted by Gasteiger charge is -2.36. The van der Waals surface area contributed by atoms with Gasteiger partial charge in [0.2, 0.25) is 0 Å². The fraction of sp³-hybridized carbons (Fsp3) is 0.375. The van der Waals surface area contributed by atoms with Gasteiger partial charge in [-0.1, -0.05) is 62.9 Å². The summed E-state index contributed by atoms with van der Waals surface area (Å²) in [5.74, 6) is 0. The van der Waals surface area contributed by atoms with E-state index in [4.69, 9.17) is 4.74 Å². The maximum absolute atomic E-state index is 6.05. The zero-order valence-electron chi connectivity index (χ0n) is 10.6. The number of benzene rings is 1. The molecule has 1 aliphatic rings. The fourth-order valence-corrected chi connectivity index (χ4v) is 2.30. The minimum absolute atomic E-state index is 0.118. The summed E-state index contributed by atoms with van der Waals surface area (Å²) in [6.07, 6.45) is 5.43. The fourth-order valence-electron chi connectivity index (χ4n) is 2.30. The zero-order valence-corrected chi connectivity index (χ0v) is 10.6. The van der Waals surface area contributed by atoms with Crippen LogP contribution in [0.3, 0.4) is 0 Å². The molecule has 17 heavy (non-hydrogen) atoms. The molecule has 0 bridgehead atoms. The molecular formula is C16H20O. The van der Waals surface area contributed by atoms with Gasteiger partial charge >= 0.3 is 0 Å². The van der Waals surface area contributed by atoms with Gasteiger partial charge in [-0.25, -0.2) is 0 Å². The Kier molecular flexibility index (Phi) is 3.49. The van der Waals surface area contributed by atoms with Crippen LogP contribution in [-0.2, 0) is 11.3 Å². The van der Waals surface area contributed by atoms with E-state index in [0.29, 0.717) is 6.61 Å². The number of allylic oxidation sites excluding steroid dienone is 1. The summed E-state index contributed by atoms with van der Waals surface area (Å²) in [4.78, 5) is 0. The predicted octanol–water partition coefficient (Wildman–Crippen LogP) is 4.11. The Hall–Kier alpha value is -1.34. The van der Waals surface area contributed by atoms with Gasteiger partial charge in [0.05, 0.1) is 12.7 Å². The first kappa shape index (κ1) is 12.1. The van der Waals surface area contributed by atoms with Crippen molar-refractivity contribution in [2.45, 2.75) is 33.0 Å². The average Bonchev–Trinajstić information content (AvgIpc) is 2.29. The van der Waals surface area contributed by atoms with Crippen molar-refractivity contribution >= 4 is 0 Å². The van der Waals surface area contributed by atoms with Crippen molar-refractivity contribution in [3.8, 4) is 0 Å². The Morgan fingerprint density at radius 3 is 2.65 bits per heavy atom. The van der Waals surface area contributed by atoms with Crippen molar-refractivity contribution in [1.29, 1.82) is 0 Å². The third kappa shape index (κ3) is 2.86. The molecule has 1 aromatic rings. The first-order valence-corrected chi connectivity index (χ1v) is 6.10. The monoisotopic (exact) mass is 228 g/mol. The molecule has 1 aliphatic carbocycles. The second-order valence-electron chi connectivity index (χ2n) is 5.35. The molecule has 1 heteroatoms. The van der Waals surface area contributed by atoms with Crippen LogP contribution in [0.1, 0.15) is 25.8 Å². The molecule has 0 heterocycles. The summed E-state index contributed by atoms with van der Waals surface area (Å²) in [5, 5.41) is 0. The van der Waals surface area contributed by atoms with Gasteiger partial charge in [0.1, 0.15) is 0 Å². The molecular weight excluding hydrogens is 208 g/mol. The summed E-state index contributed by atoms with van der Waals surface area (Å²) in [6, 6.07) is 10.3. The van der Waals surface area contributed by atoms with Crippen LogP contribution in [0, 0.1) is 5.41 Å². The molecule has 0 amide bonds. The standard InChI is InChI=1S/C16H20O/c1-13-8-7-11-16(2,3)15(13)17-12-14-9-5-4-6-10-14/h4-10,15H,1,11-12H2,2-3H3. The van der Waals surface area contributed by atoms with Gasteiger partial charge in [-0.15, -0.1) is 0 Å². The van der Waals surface area contributed by atoms with E-state index >= 15 is 0 Å². The van der Waals surface area contributed by atoms with E-state index in [1.54, 1.807) is 0 Å². The molecule has 0 saturated carbocycles. The van der Waals surface area contributed by atoms with Crippen molar-refractivity contribution in [1.82, 2.24) is 0 Å². The number of hydrogen-bond acceptors (Lipinski definition) is 1. The Labute approximate surface area is 104 Å². The predicted molar refractivity (Wildman–Crippen MR) is 71.7 cm³/mol. The Morgan fingerprint density at radius 2 is 2.00 bits per heavy atom. The van der Waals surface area contributed by atoms with E-state index in [9.17, 15) is 0 Å². The molecule has 1 atom stereocenters. The topological polar surface area (TPSA) is 9.23 Å². The normalized spacial score (nSPS) is 22.7. The maximum Gasteiger partial charge on any atom is 0.0877 e. The number of rotatable bonds is 3. The first-order valence-electron chi connectivity index (χ1n) is 6.10. The van der Waals surface area contributed by atoms with E-state index in [2.05, 4.69) is 44.7 Å². The van der Waals surface area contributed by atoms with Gasteiger partial charge in [0, 0.05) is 0 Å². The van der Waals surface area contributed by atoms with E-state index in [0.717, 1.165) is 12.0 Å². The van der Waals surface area contributed by atoms with Gasteiger partial charge in [-0.05, 0) is 23.0 Å². The van der Waals surface area contributed by atoms with Crippen molar-refractivity contribution in [3.63, 3.8) is 0 Å². The van der Waals surface area contributed by atoms with Crippen LogP contribution in [0.25, 0.3) is 0 Å². The lowest BCUT2D eigenvalue weighted by atomic mass is 9.76. The molecule has 0 saturated heterocycles. The number of ether oxygens (including phenoxy) is 1. The summed E-state index contributed by atoms with van der Waals surface area (Å²) in [7, 11) is 0. The number of hydrogen-bond donors (Lipinski definition) is 0. The van der Waals surface area contributed by atoms with Gasteiger partial charge < -0.3 is 4.74 Å². The lowest BCUT2D eigenvalue weighted by Crippen LogP contribution is -2.34. The third-order valence-corrected chi connectivity index (χ3v) is 3.28. The molecule has 1 nitrogen and oxygen atoms in total. The lowest BCUT2D eigenvalue weighted by molar-refractivity contribution is -0.0107. The van der Waals surface area contributed by atoms with Crippen molar-refractivity contribution < 1.29 is 4.74 Å². The van der Waals surface area contributed by atoms with E-state index in [1.165, 1.54) is 5.56 Å². The van der Waals surface area contributed by atoms with E-state index in [-0.39, 0.29) is 11.5 Å². The van der Waals surface area contributed by atoms with Crippen LogP contribution in [-0.4, -0.2) is 6.10 Å². The van der Waals surface area contributed by atoms with Crippen molar-refractivity contribution in [2.75, 3.05) is 0 Å². The summed E-state index contributed by atoms with van der Waals surface area (Å²) in [5.41, 5.74) is 2.43. The van der Waals surface area contributed by atoms with Crippen LogP contribution >= 0.6 is 0 Å². The maximum atomic E-state index is 6.05. The molecule has 1 aromatic carbocycles. The summed E-state index contributed by atoms with van der Waals surface area (Å²) >= 11 is 0. The largest absolute Gasteiger partial charge is 0.368 e.